The third-order valence-corrected chi connectivity index (χ3v) is 2.73. The van der Waals surface area contributed by atoms with Crippen LogP contribution in [-0.4, -0.2) is 18.8 Å². The van der Waals surface area contributed by atoms with E-state index in [0.29, 0.717) is 24.5 Å². The number of ether oxygens (including phenoxy) is 1. The van der Waals surface area contributed by atoms with Crippen molar-refractivity contribution < 1.29 is 9.53 Å². The molecular weight excluding hydrogens is 214 g/mol. The van der Waals surface area contributed by atoms with Gasteiger partial charge >= 0.3 is 0 Å². The van der Waals surface area contributed by atoms with Crippen LogP contribution in [0.15, 0.2) is 29.8 Å². The van der Waals surface area contributed by atoms with Crippen molar-refractivity contribution in [2.75, 3.05) is 11.9 Å². The smallest absolute Gasteiger partial charge is 0.160 e. The summed E-state index contributed by atoms with van der Waals surface area (Å²) in [5.74, 6) is 2.44. The molecular formula is C14H17NO2. The Bertz CT molecular complexity index is 447. The van der Waals surface area contributed by atoms with E-state index >= 15 is 0 Å². The van der Waals surface area contributed by atoms with Crippen molar-refractivity contribution in [3.8, 4) is 0 Å². The molecule has 0 radical (unpaired) electrons. The largest absolute Gasteiger partial charge is 0.356 e. The minimum atomic E-state index is -0.329. The third kappa shape index (κ3) is 2.76. The van der Waals surface area contributed by atoms with Gasteiger partial charge in [-0.1, -0.05) is 32.0 Å². The Balaban J connectivity index is 2.16. The van der Waals surface area contributed by atoms with E-state index in [2.05, 4.69) is 19.2 Å². The number of nitrogens with one attached hydrogen (secondary N) is 1. The zero-order chi connectivity index (χ0) is 12.3. The molecule has 1 aliphatic heterocycles. The second kappa shape index (κ2) is 5.17. The second-order valence-corrected chi connectivity index (χ2v) is 4.71. The monoisotopic (exact) mass is 231 g/mol. The quantitative estimate of drug-likeness (QED) is 0.812. The van der Waals surface area contributed by atoms with Crippen molar-refractivity contribution in [1.82, 2.24) is 0 Å². The Hall–Kier alpha value is -1.57. The Labute approximate surface area is 101 Å². The standard InChI is InChI=1S/C14H17NO2/c1-10(2)9-17-14-12(8-16)7-11-5-3-4-6-13(11)15-14/h3-6,10,14-15H,7,9H2,1-2H3. The van der Waals surface area contributed by atoms with Crippen LogP contribution in [0, 0.1) is 5.92 Å². The van der Waals surface area contributed by atoms with E-state index in [9.17, 15) is 4.79 Å². The highest BCUT2D eigenvalue weighted by Crippen LogP contribution is 2.27. The van der Waals surface area contributed by atoms with E-state index in [-0.39, 0.29) is 6.23 Å². The first-order valence-corrected chi connectivity index (χ1v) is 5.90. The van der Waals surface area contributed by atoms with Gasteiger partial charge in [0.15, 0.2) is 6.23 Å². The van der Waals surface area contributed by atoms with Crippen LogP contribution in [0.3, 0.4) is 0 Å². The SMILES string of the molecule is CC(C)COC1Nc2ccccc2CC1=C=O. The minimum Gasteiger partial charge on any atom is -0.356 e. The highest BCUT2D eigenvalue weighted by molar-refractivity contribution is 5.65. The average Bonchev–Trinajstić information content (AvgIpc) is 2.35. The molecule has 1 aromatic rings. The molecule has 0 aromatic heterocycles. The molecule has 1 heterocycles. The summed E-state index contributed by atoms with van der Waals surface area (Å²) in [7, 11) is 0. The molecule has 3 nitrogen and oxygen atoms in total. The van der Waals surface area contributed by atoms with Crippen molar-refractivity contribution in [1.29, 1.82) is 0 Å². The van der Waals surface area contributed by atoms with Gasteiger partial charge in [-0.05, 0) is 17.5 Å². The van der Waals surface area contributed by atoms with E-state index in [1.807, 2.05) is 30.2 Å². The highest BCUT2D eigenvalue weighted by Gasteiger charge is 2.23. The molecule has 0 amide bonds. The van der Waals surface area contributed by atoms with Gasteiger partial charge in [-0.3, -0.25) is 0 Å². The predicted octanol–water partition coefficient (Wildman–Crippen LogP) is 2.41. The molecule has 1 aliphatic rings. The molecule has 0 bridgehead atoms. The Morgan fingerprint density at radius 3 is 2.94 bits per heavy atom. The number of carbonyl (C=O) groups excluding carboxylic acids is 1. The molecule has 1 N–H and O–H groups in total. The maximum atomic E-state index is 10.9. The van der Waals surface area contributed by atoms with Crippen LogP contribution in [0.4, 0.5) is 5.69 Å². The van der Waals surface area contributed by atoms with Crippen LogP contribution in [0.2, 0.25) is 0 Å². The summed E-state index contributed by atoms with van der Waals surface area (Å²) in [5, 5.41) is 3.23. The Kier molecular flexibility index (Phi) is 3.62. The van der Waals surface area contributed by atoms with Crippen molar-refractivity contribution in [2.24, 2.45) is 5.92 Å². The summed E-state index contributed by atoms with van der Waals surface area (Å²) in [6.07, 6.45) is 0.292. The molecule has 1 atom stereocenters. The van der Waals surface area contributed by atoms with Gasteiger partial charge in [0.2, 0.25) is 0 Å². The van der Waals surface area contributed by atoms with Gasteiger partial charge in [0, 0.05) is 12.1 Å². The van der Waals surface area contributed by atoms with Gasteiger partial charge in [-0.2, -0.15) is 0 Å². The fourth-order valence-corrected chi connectivity index (χ4v) is 1.86. The zero-order valence-electron chi connectivity index (χ0n) is 10.2. The molecule has 0 aliphatic carbocycles. The van der Waals surface area contributed by atoms with E-state index < -0.39 is 0 Å². The van der Waals surface area contributed by atoms with E-state index in [1.165, 1.54) is 0 Å². The van der Waals surface area contributed by atoms with Gasteiger partial charge in [0.1, 0.15) is 5.94 Å². The third-order valence-electron chi connectivity index (χ3n) is 2.73. The molecule has 90 valence electrons. The molecule has 1 unspecified atom stereocenters. The summed E-state index contributed by atoms with van der Waals surface area (Å²) < 4.78 is 5.69. The molecule has 0 spiro atoms. The van der Waals surface area contributed by atoms with Gasteiger partial charge in [0.25, 0.3) is 0 Å². The van der Waals surface area contributed by atoms with Crippen LogP contribution in [0.25, 0.3) is 0 Å². The van der Waals surface area contributed by atoms with Gasteiger partial charge in [-0.15, -0.1) is 0 Å². The van der Waals surface area contributed by atoms with Crippen LogP contribution in [0.5, 0.6) is 0 Å². The van der Waals surface area contributed by atoms with E-state index in [4.69, 9.17) is 4.74 Å². The number of anilines is 1. The van der Waals surface area contributed by atoms with Crippen molar-refractivity contribution in [3.63, 3.8) is 0 Å². The number of para-hydroxylation sites is 1. The number of rotatable bonds is 3. The second-order valence-electron chi connectivity index (χ2n) is 4.71. The van der Waals surface area contributed by atoms with Gasteiger partial charge in [-0.25, -0.2) is 4.79 Å². The van der Waals surface area contributed by atoms with Gasteiger partial charge < -0.3 is 10.1 Å². The fourth-order valence-electron chi connectivity index (χ4n) is 1.86. The highest BCUT2D eigenvalue weighted by atomic mass is 16.5. The maximum absolute atomic E-state index is 10.9. The van der Waals surface area contributed by atoms with Crippen LogP contribution in [-0.2, 0) is 16.0 Å². The number of hydrogen-bond donors (Lipinski definition) is 1. The first-order valence-electron chi connectivity index (χ1n) is 5.90. The molecule has 2 rings (SSSR count). The average molecular weight is 231 g/mol. The summed E-state index contributed by atoms with van der Waals surface area (Å²) in [4.78, 5) is 10.9. The zero-order valence-corrected chi connectivity index (χ0v) is 10.2. The summed E-state index contributed by atoms with van der Waals surface area (Å²) >= 11 is 0. The Morgan fingerprint density at radius 1 is 1.47 bits per heavy atom. The number of hydrogen-bond acceptors (Lipinski definition) is 3. The van der Waals surface area contributed by atoms with Crippen molar-refractivity contribution in [3.05, 3.63) is 35.4 Å². The molecule has 17 heavy (non-hydrogen) atoms. The number of fused-ring (bicyclic) bond motifs is 1. The van der Waals surface area contributed by atoms with Crippen molar-refractivity contribution in [2.45, 2.75) is 26.5 Å². The van der Waals surface area contributed by atoms with E-state index in [1.54, 1.807) is 0 Å². The fraction of sp³-hybridized carbons (Fsp3) is 0.429. The topological polar surface area (TPSA) is 38.3 Å². The normalized spacial score (nSPS) is 18.5. The molecule has 0 saturated carbocycles. The first-order chi connectivity index (χ1) is 8.20. The lowest BCUT2D eigenvalue weighted by atomic mass is 9.99. The molecule has 0 saturated heterocycles. The lowest BCUT2D eigenvalue weighted by Crippen LogP contribution is -2.32. The van der Waals surface area contributed by atoms with Crippen LogP contribution < -0.4 is 5.32 Å². The van der Waals surface area contributed by atoms with Crippen LogP contribution >= 0.6 is 0 Å². The predicted molar refractivity (Wildman–Crippen MR) is 67.6 cm³/mol. The summed E-state index contributed by atoms with van der Waals surface area (Å²) in [6.45, 7) is 4.80. The summed E-state index contributed by atoms with van der Waals surface area (Å²) in [5.41, 5.74) is 2.81. The molecule has 1 aromatic carbocycles. The molecule has 3 heteroatoms. The lowest BCUT2D eigenvalue weighted by Gasteiger charge is -2.28. The lowest BCUT2D eigenvalue weighted by molar-refractivity contribution is 0.0726. The van der Waals surface area contributed by atoms with E-state index in [0.717, 1.165) is 11.3 Å². The van der Waals surface area contributed by atoms with Gasteiger partial charge in [0.05, 0.1) is 12.2 Å². The van der Waals surface area contributed by atoms with Crippen molar-refractivity contribution >= 4 is 11.6 Å². The Morgan fingerprint density at radius 2 is 2.24 bits per heavy atom. The van der Waals surface area contributed by atoms with Crippen LogP contribution in [0.1, 0.15) is 19.4 Å². The minimum absolute atomic E-state index is 0.329. The number of benzene rings is 1. The molecule has 0 fully saturated rings. The first kappa shape index (κ1) is 11.9. The summed E-state index contributed by atoms with van der Waals surface area (Å²) in [6, 6.07) is 7.96. The maximum Gasteiger partial charge on any atom is 0.160 e.